The average Bonchev–Trinajstić information content (AvgIpc) is 3.07. The number of benzene rings is 2. The molecule has 0 spiro atoms. The second-order valence-electron chi connectivity index (χ2n) is 7.57. The molecular weight excluding hydrogens is 442 g/mol. The van der Waals surface area contributed by atoms with E-state index in [4.69, 9.17) is 17.3 Å². The summed E-state index contributed by atoms with van der Waals surface area (Å²) in [7, 11) is 3.83. The van der Waals surface area contributed by atoms with Crippen molar-refractivity contribution < 1.29 is 4.79 Å². The number of anilines is 2. The molecule has 0 aliphatic rings. The van der Waals surface area contributed by atoms with E-state index in [2.05, 4.69) is 15.3 Å². The highest BCUT2D eigenvalue weighted by atomic mass is 35.5. The smallest absolute Gasteiger partial charge is 0.339 e. The maximum absolute atomic E-state index is 13.5. The molecule has 168 valence electrons. The van der Waals surface area contributed by atoms with Crippen LogP contribution in [0.3, 0.4) is 0 Å². The Kier molecular flexibility index (Phi) is 6.25. The molecule has 4 aromatic rings. The molecule has 0 bridgehead atoms. The van der Waals surface area contributed by atoms with Gasteiger partial charge in [-0.15, -0.1) is 0 Å². The number of halogens is 1. The van der Waals surface area contributed by atoms with Crippen LogP contribution in [0.1, 0.15) is 0 Å². The van der Waals surface area contributed by atoms with E-state index in [-0.39, 0.29) is 17.4 Å². The number of nitrogen functional groups attached to an aromatic ring is 1. The number of nitrogens with one attached hydrogen (secondary N) is 1. The summed E-state index contributed by atoms with van der Waals surface area (Å²) < 4.78 is 2.87. The zero-order valence-corrected chi connectivity index (χ0v) is 18.8. The van der Waals surface area contributed by atoms with Gasteiger partial charge in [0.15, 0.2) is 11.5 Å². The molecule has 0 aliphatic carbocycles. The molecule has 0 fully saturated rings. The summed E-state index contributed by atoms with van der Waals surface area (Å²) in [6, 6.07) is 13.8. The van der Waals surface area contributed by atoms with Crippen molar-refractivity contribution in [2.24, 2.45) is 0 Å². The van der Waals surface area contributed by atoms with Gasteiger partial charge in [0.25, 0.3) is 0 Å². The molecule has 9 nitrogen and oxygen atoms in total. The van der Waals surface area contributed by atoms with Crippen molar-refractivity contribution in [2.75, 3.05) is 31.7 Å². The number of amides is 1. The Morgan fingerprint density at radius 1 is 1.12 bits per heavy atom. The van der Waals surface area contributed by atoms with Crippen molar-refractivity contribution in [1.82, 2.24) is 24.0 Å². The van der Waals surface area contributed by atoms with Crippen LogP contribution in [0.15, 0.2) is 71.8 Å². The number of fused-ring (bicyclic) bond motifs is 1. The Labute approximate surface area is 194 Å². The summed E-state index contributed by atoms with van der Waals surface area (Å²) in [5.41, 5.74) is 8.10. The lowest BCUT2D eigenvalue weighted by Crippen LogP contribution is -2.22. The Balaban J connectivity index is 1.79. The van der Waals surface area contributed by atoms with E-state index >= 15 is 0 Å². The lowest BCUT2D eigenvalue weighted by atomic mass is 10.2. The van der Waals surface area contributed by atoms with E-state index in [9.17, 15) is 9.59 Å². The number of hydrogen-bond acceptors (Lipinski definition) is 6. The van der Waals surface area contributed by atoms with E-state index in [1.807, 2.05) is 19.0 Å². The first kappa shape index (κ1) is 22.3. The van der Waals surface area contributed by atoms with Crippen LogP contribution in [0.2, 0.25) is 5.02 Å². The molecule has 2 aromatic heterocycles. The Morgan fingerprint density at radius 2 is 1.88 bits per heavy atom. The van der Waals surface area contributed by atoms with Gasteiger partial charge in [0, 0.05) is 23.3 Å². The van der Waals surface area contributed by atoms with E-state index in [0.29, 0.717) is 39.8 Å². The third-order valence-corrected chi connectivity index (χ3v) is 5.10. The first-order valence-corrected chi connectivity index (χ1v) is 10.5. The van der Waals surface area contributed by atoms with Crippen LogP contribution in [0.5, 0.6) is 0 Å². The van der Waals surface area contributed by atoms with Gasteiger partial charge in [0.2, 0.25) is 5.91 Å². The normalized spacial score (nSPS) is 11.5. The highest BCUT2D eigenvalue weighted by molar-refractivity contribution is 6.30. The largest absolute Gasteiger partial charge is 0.382 e. The number of hydrogen-bond donors (Lipinski definition) is 2. The number of nitrogens with two attached hydrogens (primary N) is 1. The molecule has 1 amide bonds. The molecule has 0 saturated carbocycles. The van der Waals surface area contributed by atoms with Crippen LogP contribution in [0, 0.1) is 0 Å². The van der Waals surface area contributed by atoms with E-state index in [1.54, 1.807) is 54.6 Å². The quantitative estimate of drug-likeness (QED) is 0.425. The molecular formula is C23H22ClN7O2. The van der Waals surface area contributed by atoms with Crippen molar-refractivity contribution in [3.8, 4) is 11.4 Å². The lowest BCUT2D eigenvalue weighted by Gasteiger charge is -2.07. The Morgan fingerprint density at radius 3 is 2.61 bits per heavy atom. The second kappa shape index (κ2) is 9.27. The predicted molar refractivity (Wildman–Crippen MR) is 130 cm³/mol. The van der Waals surface area contributed by atoms with Crippen molar-refractivity contribution >= 4 is 40.2 Å². The van der Waals surface area contributed by atoms with Gasteiger partial charge < -0.3 is 16.0 Å². The molecule has 0 unspecified atom stereocenters. The van der Waals surface area contributed by atoms with Crippen LogP contribution in [-0.2, 0) is 4.79 Å². The lowest BCUT2D eigenvalue weighted by molar-refractivity contribution is -0.111. The van der Waals surface area contributed by atoms with Gasteiger partial charge in [-0.2, -0.15) is 0 Å². The van der Waals surface area contributed by atoms with Crippen molar-refractivity contribution in [1.29, 1.82) is 0 Å². The summed E-state index contributed by atoms with van der Waals surface area (Å²) in [6.07, 6.45) is 4.54. The standard InChI is InChI=1S/C23H22ClN7O2/c1-29(2)12-4-7-19(32)28-16-5-3-6-18(13-16)31-22-20(21(25)26-14-27-22)30(23(31)33)17-10-8-15(24)9-11-17/h3-11,13-14H,12H2,1-2H3,(H,28,32)(H2,25,26,27). The molecule has 33 heavy (non-hydrogen) atoms. The van der Waals surface area contributed by atoms with Gasteiger partial charge in [0.05, 0.1) is 11.4 Å². The SMILES string of the molecule is CN(C)CC=CC(=O)Nc1cccc(-n2c(=O)n(-c3ccc(Cl)cc3)c3c(N)ncnc32)c1. The minimum absolute atomic E-state index is 0.168. The Bertz CT molecular complexity index is 1400. The molecule has 2 heterocycles. The first-order chi connectivity index (χ1) is 15.8. The number of carbonyl (C=O) groups is 1. The minimum atomic E-state index is -0.381. The summed E-state index contributed by atoms with van der Waals surface area (Å²) in [6.45, 7) is 0.647. The fourth-order valence-corrected chi connectivity index (χ4v) is 3.51. The number of rotatable bonds is 6. The monoisotopic (exact) mass is 463 g/mol. The molecule has 0 radical (unpaired) electrons. The van der Waals surface area contributed by atoms with E-state index < -0.39 is 0 Å². The van der Waals surface area contributed by atoms with Crippen LogP contribution in [0.25, 0.3) is 22.5 Å². The predicted octanol–water partition coefficient (Wildman–Crippen LogP) is 2.86. The zero-order chi connectivity index (χ0) is 23.5. The fraction of sp³-hybridized carbons (Fsp3) is 0.130. The van der Waals surface area contributed by atoms with Crippen molar-refractivity contribution in [3.05, 3.63) is 82.5 Å². The van der Waals surface area contributed by atoms with Crippen LogP contribution in [0.4, 0.5) is 11.5 Å². The number of likely N-dealkylation sites (N-methyl/N-ethyl adjacent to an activating group) is 1. The van der Waals surface area contributed by atoms with Gasteiger partial charge in [-0.05, 0) is 56.6 Å². The topological polar surface area (TPSA) is 111 Å². The third-order valence-electron chi connectivity index (χ3n) is 4.85. The third kappa shape index (κ3) is 4.64. The van der Waals surface area contributed by atoms with Gasteiger partial charge in [0.1, 0.15) is 11.8 Å². The highest BCUT2D eigenvalue weighted by Crippen LogP contribution is 2.24. The van der Waals surface area contributed by atoms with Crippen LogP contribution >= 0.6 is 11.6 Å². The zero-order valence-electron chi connectivity index (χ0n) is 18.1. The summed E-state index contributed by atoms with van der Waals surface area (Å²) in [4.78, 5) is 36.1. The molecule has 2 aromatic carbocycles. The van der Waals surface area contributed by atoms with E-state index in [1.165, 1.54) is 21.5 Å². The van der Waals surface area contributed by atoms with Crippen molar-refractivity contribution in [3.63, 3.8) is 0 Å². The number of aromatic nitrogens is 4. The second-order valence-corrected chi connectivity index (χ2v) is 8.00. The molecule has 10 heteroatoms. The minimum Gasteiger partial charge on any atom is -0.382 e. The van der Waals surface area contributed by atoms with Gasteiger partial charge >= 0.3 is 5.69 Å². The van der Waals surface area contributed by atoms with Crippen LogP contribution < -0.4 is 16.7 Å². The van der Waals surface area contributed by atoms with Gasteiger partial charge in [-0.25, -0.2) is 19.3 Å². The average molecular weight is 464 g/mol. The number of nitrogens with zero attached hydrogens (tertiary/aromatic N) is 5. The summed E-state index contributed by atoms with van der Waals surface area (Å²) in [5.74, 6) is -0.0993. The molecule has 4 rings (SSSR count). The van der Waals surface area contributed by atoms with Gasteiger partial charge in [-0.1, -0.05) is 23.7 Å². The number of carbonyl (C=O) groups excluding carboxylic acids is 1. The maximum Gasteiger partial charge on any atom is 0.339 e. The maximum atomic E-state index is 13.5. The highest BCUT2D eigenvalue weighted by Gasteiger charge is 2.20. The van der Waals surface area contributed by atoms with Crippen LogP contribution in [-0.4, -0.2) is 50.5 Å². The first-order valence-electron chi connectivity index (χ1n) is 10.1. The summed E-state index contributed by atoms with van der Waals surface area (Å²) in [5, 5.41) is 3.36. The molecule has 0 atom stereocenters. The van der Waals surface area contributed by atoms with E-state index in [0.717, 1.165) is 0 Å². The number of imidazole rings is 1. The van der Waals surface area contributed by atoms with Crippen molar-refractivity contribution in [2.45, 2.75) is 0 Å². The van der Waals surface area contributed by atoms with Gasteiger partial charge in [-0.3, -0.25) is 9.36 Å². The molecule has 0 aliphatic heterocycles. The molecule has 3 N–H and O–H groups in total. The summed E-state index contributed by atoms with van der Waals surface area (Å²) >= 11 is 6.01. The molecule has 0 saturated heterocycles. The Hall–Kier alpha value is -3.95. The fourth-order valence-electron chi connectivity index (χ4n) is 3.39.